The first kappa shape index (κ1) is 24.3. The van der Waals surface area contributed by atoms with Crippen molar-refractivity contribution < 1.29 is 28.4 Å². The van der Waals surface area contributed by atoms with Crippen molar-refractivity contribution >= 4 is 28.6 Å². The number of rotatable bonds is 6. The summed E-state index contributed by atoms with van der Waals surface area (Å²) in [4.78, 5) is 12.1. The van der Waals surface area contributed by atoms with Crippen LogP contribution in [0.1, 0.15) is 36.4 Å². The Balaban J connectivity index is 1.07. The standard InChI is InChI=1S/C26H29ClFN5O5/c27-15-9-18-25(33-26(31-18)38-20-11-36-22-19(34)10-35-23(20)22)32-24(15)30-17-2-1-12-7-14(8-16(28)21(12)17)37-13-3-5-29-6-4-13/h7-9,13,17,19-20,22-23,29,34H,1-6,10-11H2,(H2,30,31,32,33)/t17?,19-,20-,22-,23-/m1/s1. The summed E-state index contributed by atoms with van der Waals surface area (Å²) >= 11 is 6.55. The van der Waals surface area contributed by atoms with E-state index in [9.17, 15) is 5.11 Å². The van der Waals surface area contributed by atoms with Gasteiger partial charge in [-0.1, -0.05) is 11.6 Å². The number of aryl methyl sites for hydroxylation is 1. The lowest BCUT2D eigenvalue weighted by Crippen LogP contribution is -2.34. The molecular weight excluding hydrogens is 517 g/mol. The third kappa shape index (κ3) is 4.46. The molecule has 0 radical (unpaired) electrons. The van der Waals surface area contributed by atoms with Crippen LogP contribution in [0.5, 0.6) is 11.8 Å². The second-order valence-corrected chi connectivity index (χ2v) is 10.7. The van der Waals surface area contributed by atoms with Gasteiger partial charge in [0.15, 0.2) is 11.8 Å². The zero-order chi connectivity index (χ0) is 25.8. The lowest BCUT2D eigenvalue weighted by Gasteiger charge is -2.24. The molecule has 5 heterocycles. The highest BCUT2D eigenvalue weighted by atomic mass is 35.5. The molecule has 3 aliphatic heterocycles. The number of nitrogens with one attached hydrogen (secondary N) is 3. The first-order chi connectivity index (χ1) is 18.5. The molecule has 38 heavy (non-hydrogen) atoms. The summed E-state index contributed by atoms with van der Waals surface area (Å²) in [6.45, 7) is 2.35. The molecule has 0 spiro atoms. The zero-order valence-corrected chi connectivity index (χ0v) is 21.3. The molecule has 0 bridgehead atoms. The van der Waals surface area contributed by atoms with Gasteiger partial charge < -0.3 is 39.7 Å². The number of ether oxygens (including phenoxy) is 4. The summed E-state index contributed by atoms with van der Waals surface area (Å²) in [5.74, 6) is 0.730. The van der Waals surface area contributed by atoms with Crippen LogP contribution < -0.4 is 20.1 Å². The molecule has 2 aromatic heterocycles. The third-order valence-electron chi connectivity index (χ3n) is 7.79. The highest BCUT2D eigenvalue weighted by Crippen LogP contribution is 2.40. The summed E-state index contributed by atoms with van der Waals surface area (Å²) in [5, 5.41) is 17.0. The second kappa shape index (κ2) is 9.80. The van der Waals surface area contributed by atoms with Crippen LogP contribution in [0.25, 0.3) is 11.2 Å². The highest BCUT2D eigenvalue weighted by molar-refractivity contribution is 6.33. The molecule has 3 fully saturated rings. The topological polar surface area (TPSA) is 123 Å². The number of pyridine rings is 1. The van der Waals surface area contributed by atoms with Gasteiger partial charge in [-0.25, -0.2) is 9.37 Å². The number of aromatic amines is 1. The number of piperidine rings is 1. The van der Waals surface area contributed by atoms with Crippen molar-refractivity contribution in [2.45, 2.75) is 62.2 Å². The summed E-state index contributed by atoms with van der Waals surface area (Å²) in [6.07, 6.45) is 1.60. The van der Waals surface area contributed by atoms with Gasteiger partial charge in [0.05, 0.1) is 29.8 Å². The molecule has 202 valence electrons. The van der Waals surface area contributed by atoms with Crippen LogP contribution in [0.2, 0.25) is 5.02 Å². The van der Waals surface area contributed by atoms with E-state index in [-0.39, 0.29) is 36.7 Å². The number of hydrogen-bond donors (Lipinski definition) is 4. The van der Waals surface area contributed by atoms with Gasteiger partial charge in [-0.05, 0) is 56.5 Å². The van der Waals surface area contributed by atoms with Crippen molar-refractivity contribution in [3.63, 3.8) is 0 Å². The minimum absolute atomic E-state index is 0.112. The fourth-order valence-corrected chi connectivity index (χ4v) is 6.12. The third-order valence-corrected chi connectivity index (χ3v) is 8.08. The molecule has 5 atom stereocenters. The number of H-pyrrole nitrogens is 1. The molecule has 1 unspecified atom stereocenters. The molecule has 1 aliphatic carbocycles. The van der Waals surface area contributed by atoms with E-state index in [4.69, 9.17) is 30.5 Å². The molecular formula is C26H29ClFN5O5. The van der Waals surface area contributed by atoms with E-state index in [1.54, 1.807) is 6.07 Å². The largest absolute Gasteiger partial charge is 0.490 e. The van der Waals surface area contributed by atoms with E-state index in [0.29, 0.717) is 46.3 Å². The monoisotopic (exact) mass is 545 g/mol. The first-order valence-corrected chi connectivity index (χ1v) is 13.5. The van der Waals surface area contributed by atoms with Gasteiger partial charge in [0.25, 0.3) is 6.01 Å². The average Bonchev–Trinajstić information content (AvgIpc) is 3.67. The summed E-state index contributed by atoms with van der Waals surface area (Å²) in [7, 11) is 0. The van der Waals surface area contributed by atoms with E-state index in [0.717, 1.165) is 37.9 Å². The maximum Gasteiger partial charge on any atom is 0.296 e. The Hall–Kier alpha value is -2.70. The Morgan fingerprint density at radius 1 is 1.05 bits per heavy atom. The van der Waals surface area contributed by atoms with E-state index in [2.05, 4.69) is 25.6 Å². The summed E-state index contributed by atoms with van der Waals surface area (Å²) in [5.41, 5.74) is 2.59. The number of aliphatic hydroxyl groups is 1. The Labute approximate surface area is 223 Å². The van der Waals surface area contributed by atoms with E-state index in [1.165, 1.54) is 6.07 Å². The lowest BCUT2D eigenvalue weighted by molar-refractivity contribution is 0.00706. The molecule has 3 saturated heterocycles. The van der Waals surface area contributed by atoms with Gasteiger partial charge in [0.1, 0.15) is 41.8 Å². The Morgan fingerprint density at radius 2 is 1.89 bits per heavy atom. The molecule has 1 aromatic carbocycles. The number of benzene rings is 1. The number of halogens is 2. The summed E-state index contributed by atoms with van der Waals surface area (Å²) < 4.78 is 38.5. The molecule has 4 N–H and O–H groups in total. The van der Waals surface area contributed by atoms with Gasteiger partial charge in [-0.2, -0.15) is 4.98 Å². The van der Waals surface area contributed by atoms with E-state index in [1.807, 2.05) is 6.07 Å². The molecule has 0 saturated carbocycles. The smallest absolute Gasteiger partial charge is 0.296 e. The van der Waals surface area contributed by atoms with Crippen LogP contribution in [0.3, 0.4) is 0 Å². The maximum atomic E-state index is 15.3. The summed E-state index contributed by atoms with van der Waals surface area (Å²) in [6, 6.07) is 5.16. The Morgan fingerprint density at radius 3 is 2.76 bits per heavy atom. The van der Waals surface area contributed by atoms with Crippen LogP contribution in [0.4, 0.5) is 10.2 Å². The van der Waals surface area contributed by atoms with E-state index >= 15 is 4.39 Å². The number of aromatic nitrogens is 3. The van der Waals surface area contributed by atoms with Crippen LogP contribution >= 0.6 is 11.6 Å². The van der Waals surface area contributed by atoms with Crippen molar-refractivity contribution in [1.29, 1.82) is 0 Å². The Kier molecular flexibility index (Phi) is 6.28. The fraction of sp³-hybridized carbons (Fsp3) is 0.538. The van der Waals surface area contributed by atoms with E-state index < -0.39 is 18.3 Å². The zero-order valence-electron chi connectivity index (χ0n) is 20.6. The average molecular weight is 546 g/mol. The predicted molar refractivity (Wildman–Crippen MR) is 136 cm³/mol. The number of hydrogen-bond acceptors (Lipinski definition) is 9. The van der Waals surface area contributed by atoms with Crippen molar-refractivity contribution in [3.05, 3.63) is 40.2 Å². The molecule has 0 amide bonds. The maximum absolute atomic E-state index is 15.3. The van der Waals surface area contributed by atoms with Crippen LogP contribution in [0.15, 0.2) is 18.2 Å². The van der Waals surface area contributed by atoms with Gasteiger partial charge >= 0.3 is 0 Å². The minimum Gasteiger partial charge on any atom is -0.490 e. The molecule has 12 heteroatoms. The SMILES string of the molecule is O[C@@H]1CO[C@H]2[C@@H]1OC[C@H]2Oc1nc2nc(NC3CCc4cc(OC5CCNCC5)cc(F)c43)c(Cl)cc2[nH]1. The minimum atomic E-state index is -0.655. The van der Waals surface area contributed by atoms with Gasteiger partial charge in [0.2, 0.25) is 0 Å². The van der Waals surface area contributed by atoms with Crippen molar-refractivity contribution in [1.82, 2.24) is 20.3 Å². The van der Waals surface area contributed by atoms with Crippen molar-refractivity contribution in [2.75, 3.05) is 31.6 Å². The van der Waals surface area contributed by atoms with Crippen LogP contribution in [0, 0.1) is 5.82 Å². The van der Waals surface area contributed by atoms with Gasteiger partial charge in [-0.15, -0.1) is 0 Å². The predicted octanol–water partition coefficient (Wildman–Crippen LogP) is 2.89. The van der Waals surface area contributed by atoms with Crippen molar-refractivity contribution in [2.24, 2.45) is 0 Å². The van der Waals surface area contributed by atoms with Crippen molar-refractivity contribution in [3.8, 4) is 11.8 Å². The van der Waals surface area contributed by atoms with Crippen LogP contribution in [-0.4, -0.2) is 76.9 Å². The molecule has 10 nitrogen and oxygen atoms in total. The quantitative estimate of drug-likeness (QED) is 0.370. The van der Waals surface area contributed by atoms with Crippen LogP contribution in [-0.2, 0) is 15.9 Å². The fourth-order valence-electron chi connectivity index (χ4n) is 5.91. The van der Waals surface area contributed by atoms with Gasteiger partial charge in [-0.3, -0.25) is 0 Å². The number of anilines is 1. The number of fused-ring (bicyclic) bond motifs is 3. The Bertz CT molecular complexity index is 1350. The number of imidazole rings is 1. The molecule has 3 aromatic rings. The lowest BCUT2D eigenvalue weighted by atomic mass is 10.1. The first-order valence-electron chi connectivity index (χ1n) is 13.1. The molecule has 4 aliphatic rings. The van der Waals surface area contributed by atoms with Gasteiger partial charge in [0, 0.05) is 11.6 Å². The number of aliphatic hydroxyl groups excluding tert-OH is 1. The normalized spacial score (nSPS) is 29.0. The number of nitrogens with zero attached hydrogens (tertiary/aromatic N) is 2. The molecule has 7 rings (SSSR count). The second-order valence-electron chi connectivity index (χ2n) is 10.3. The highest BCUT2D eigenvalue weighted by Gasteiger charge is 2.48.